The molecule has 1 aromatic rings. The predicted octanol–water partition coefficient (Wildman–Crippen LogP) is 3.23. The number of aliphatic hydroxyl groups excluding tert-OH is 1. The van der Waals surface area contributed by atoms with Gasteiger partial charge in [-0.05, 0) is 54.8 Å². The van der Waals surface area contributed by atoms with Crippen molar-refractivity contribution in [2.24, 2.45) is 5.92 Å². The van der Waals surface area contributed by atoms with Crippen molar-refractivity contribution in [3.8, 4) is 0 Å². The standard InChI is InChI=1S/C17H27NO/c1-13(2)11-18-12-17(19)16-9-8-14-6-4-3-5-7-15(14)10-16/h8-10,13,17-19H,3-7,11-12H2,1-2H3. The van der Waals surface area contributed by atoms with Gasteiger partial charge in [0.15, 0.2) is 0 Å². The van der Waals surface area contributed by atoms with Gasteiger partial charge in [0.1, 0.15) is 0 Å². The van der Waals surface area contributed by atoms with Crippen molar-refractivity contribution in [1.82, 2.24) is 5.32 Å². The molecule has 19 heavy (non-hydrogen) atoms. The first-order chi connectivity index (χ1) is 9.16. The molecule has 0 saturated carbocycles. The van der Waals surface area contributed by atoms with E-state index < -0.39 is 0 Å². The summed E-state index contributed by atoms with van der Waals surface area (Å²) in [7, 11) is 0. The van der Waals surface area contributed by atoms with Gasteiger partial charge in [-0.15, -0.1) is 0 Å². The predicted molar refractivity (Wildman–Crippen MR) is 80.4 cm³/mol. The number of benzene rings is 1. The van der Waals surface area contributed by atoms with E-state index in [1.807, 2.05) is 0 Å². The van der Waals surface area contributed by atoms with Crippen LogP contribution in [0.25, 0.3) is 0 Å². The van der Waals surface area contributed by atoms with Gasteiger partial charge < -0.3 is 10.4 Å². The minimum atomic E-state index is -0.382. The highest BCUT2D eigenvalue weighted by Gasteiger charge is 2.12. The highest BCUT2D eigenvalue weighted by atomic mass is 16.3. The topological polar surface area (TPSA) is 32.3 Å². The average Bonchev–Trinajstić information content (AvgIpc) is 2.62. The summed E-state index contributed by atoms with van der Waals surface area (Å²) in [6.07, 6.45) is 5.94. The third kappa shape index (κ3) is 4.32. The highest BCUT2D eigenvalue weighted by Crippen LogP contribution is 2.24. The van der Waals surface area contributed by atoms with Crippen LogP contribution in [-0.2, 0) is 12.8 Å². The molecule has 0 radical (unpaired) electrons. The Morgan fingerprint density at radius 3 is 2.53 bits per heavy atom. The first-order valence-corrected chi connectivity index (χ1v) is 7.67. The number of nitrogens with one attached hydrogen (secondary N) is 1. The van der Waals surface area contributed by atoms with Crippen molar-refractivity contribution in [2.75, 3.05) is 13.1 Å². The second kappa shape index (κ2) is 7.06. The molecule has 1 unspecified atom stereocenters. The molecular weight excluding hydrogens is 234 g/mol. The maximum atomic E-state index is 10.2. The Bertz CT molecular complexity index is 400. The Hall–Kier alpha value is -0.860. The van der Waals surface area contributed by atoms with Crippen molar-refractivity contribution in [1.29, 1.82) is 0 Å². The van der Waals surface area contributed by atoms with E-state index in [0.29, 0.717) is 12.5 Å². The third-order valence-electron chi connectivity index (χ3n) is 3.90. The van der Waals surface area contributed by atoms with Crippen LogP contribution >= 0.6 is 0 Å². The summed E-state index contributed by atoms with van der Waals surface area (Å²) in [4.78, 5) is 0. The molecule has 1 aromatic carbocycles. The van der Waals surface area contributed by atoms with Crippen LogP contribution < -0.4 is 5.32 Å². The van der Waals surface area contributed by atoms with Crippen LogP contribution in [0.1, 0.15) is 55.9 Å². The number of rotatable bonds is 5. The van der Waals surface area contributed by atoms with E-state index >= 15 is 0 Å². The molecule has 0 aromatic heterocycles. The molecule has 0 fully saturated rings. The zero-order chi connectivity index (χ0) is 13.7. The molecule has 1 atom stereocenters. The lowest BCUT2D eigenvalue weighted by Gasteiger charge is -2.16. The summed E-state index contributed by atoms with van der Waals surface area (Å²) >= 11 is 0. The van der Waals surface area contributed by atoms with Crippen molar-refractivity contribution in [2.45, 2.75) is 52.1 Å². The third-order valence-corrected chi connectivity index (χ3v) is 3.90. The van der Waals surface area contributed by atoms with Gasteiger partial charge in [0.05, 0.1) is 6.10 Å². The maximum absolute atomic E-state index is 10.2. The molecule has 0 saturated heterocycles. The van der Waals surface area contributed by atoms with Crippen LogP contribution in [0, 0.1) is 5.92 Å². The molecule has 0 aliphatic heterocycles. The molecule has 0 spiro atoms. The first kappa shape index (κ1) is 14.5. The fourth-order valence-electron chi connectivity index (χ4n) is 2.76. The van der Waals surface area contributed by atoms with Crippen LogP contribution in [0.5, 0.6) is 0 Å². The summed E-state index contributed by atoms with van der Waals surface area (Å²) in [5.41, 5.74) is 4.01. The van der Waals surface area contributed by atoms with Gasteiger partial charge in [0, 0.05) is 6.54 Å². The number of aliphatic hydroxyl groups is 1. The fraction of sp³-hybridized carbons (Fsp3) is 0.647. The molecule has 0 heterocycles. The van der Waals surface area contributed by atoms with Gasteiger partial charge in [-0.25, -0.2) is 0 Å². The minimum Gasteiger partial charge on any atom is -0.387 e. The summed E-state index contributed by atoms with van der Waals surface area (Å²) in [6, 6.07) is 6.55. The molecule has 2 heteroatoms. The summed E-state index contributed by atoms with van der Waals surface area (Å²) in [5.74, 6) is 0.624. The van der Waals surface area contributed by atoms with Crippen LogP contribution in [0.2, 0.25) is 0 Å². The van der Waals surface area contributed by atoms with Crippen molar-refractivity contribution >= 4 is 0 Å². The van der Waals surface area contributed by atoms with Gasteiger partial charge in [0.25, 0.3) is 0 Å². The Labute approximate surface area is 117 Å². The van der Waals surface area contributed by atoms with E-state index in [4.69, 9.17) is 0 Å². The SMILES string of the molecule is CC(C)CNCC(O)c1ccc2c(c1)CCCCC2. The molecular formula is C17H27NO. The van der Waals surface area contributed by atoms with E-state index in [0.717, 1.165) is 12.1 Å². The number of fused-ring (bicyclic) bond motifs is 1. The quantitative estimate of drug-likeness (QED) is 0.798. The summed E-state index contributed by atoms with van der Waals surface area (Å²) < 4.78 is 0. The molecule has 1 aliphatic carbocycles. The summed E-state index contributed by atoms with van der Waals surface area (Å²) in [5, 5.41) is 13.6. The van der Waals surface area contributed by atoms with Crippen LogP contribution in [0.3, 0.4) is 0 Å². The van der Waals surface area contributed by atoms with E-state index in [1.165, 1.54) is 43.2 Å². The van der Waals surface area contributed by atoms with Crippen LogP contribution in [-0.4, -0.2) is 18.2 Å². The first-order valence-electron chi connectivity index (χ1n) is 7.67. The molecule has 2 N–H and O–H groups in total. The smallest absolute Gasteiger partial charge is 0.0914 e. The molecule has 0 bridgehead atoms. The van der Waals surface area contributed by atoms with E-state index in [9.17, 15) is 5.11 Å². The van der Waals surface area contributed by atoms with Crippen LogP contribution in [0.4, 0.5) is 0 Å². The Kier molecular flexibility index (Phi) is 5.41. The maximum Gasteiger partial charge on any atom is 0.0914 e. The molecule has 1 aliphatic rings. The van der Waals surface area contributed by atoms with Gasteiger partial charge in [0.2, 0.25) is 0 Å². The van der Waals surface area contributed by atoms with E-state index in [2.05, 4.69) is 37.4 Å². The monoisotopic (exact) mass is 261 g/mol. The van der Waals surface area contributed by atoms with Gasteiger partial charge in [-0.1, -0.05) is 38.5 Å². The second-order valence-electron chi connectivity index (χ2n) is 6.16. The lowest BCUT2D eigenvalue weighted by atomic mass is 9.97. The number of hydrogen-bond acceptors (Lipinski definition) is 2. The fourth-order valence-corrected chi connectivity index (χ4v) is 2.76. The second-order valence-corrected chi connectivity index (χ2v) is 6.16. The molecule has 106 valence electrons. The van der Waals surface area contributed by atoms with E-state index in [-0.39, 0.29) is 6.10 Å². The van der Waals surface area contributed by atoms with Gasteiger partial charge in [-0.3, -0.25) is 0 Å². The average molecular weight is 261 g/mol. The Morgan fingerprint density at radius 2 is 1.79 bits per heavy atom. The lowest BCUT2D eigenvalue weighted by Crippen LogP contribution is -2.25. The minimum absolute atomic E-state index is 0.382. The number of hydrogen-bond donors (Lipinski definition) is 2. The molecule has 0 amide bonds. The molecule has 2 rings (SSSR count). The highest BCUT2D eigenvalue weighted by molar-refractivity contribution is 5.34. The van der Waals surface area contributed by atoms with Crippen LogP contribution in [0.15, 0.2) is 18.2 Å². The summed E-state index contributed by atoms with van der Waals surface area (Å²) in [6.45, 7) is 5.97. The number of aryl methyl sites for hydroxylation is 2. The zero-order valence-electron chi connectivity index (χ0n) is 12.3. The molecule has 2 nitrogen and oxygen atoms in total. The van der Waals surface area contributed by atoms with Crippen molar-refractivity contribution < 1.29 is 5.11 Å². The van der Waals surface area contributed by atoms with Crippen molar-refractivity contribution in [3.63, 3.8) is 0 Å². The van der Waals surface area contributed by atoms with Gasteiger partial charge in [-0.2, -0.15) is 0 Å². The lowest BCUT2D eigenvalue weighted by molar-refractivity contribution is 0.173. The van der Waals surface area contributed by atoms with Gasteiger partial charge >= 0.3 is 0 Å². The zero-order valence-corrected chi connectivity index (χ0v) is 12.3. The largest absolute Gasteiger partial charge is 0.387 e. The van der Waals surface area contributed by atoms with Crippen molar-refractivity contribution in [3.05, 3.63) is 34.9 Å². The van der Waals surface area contributed by atoms with E-state index in [1.54, 1.807) is 0 Å². The Balaban J connectivity index is 1.98. The normalized spacial score (nSPS) is 17.1. The Morgan fingerprint density at radius 1 is 1.05 bits per heavy atom.